The van der Waals surface area contributed by atoms with Crippen molar-refractivity contribution in [3.05, 3.63) is 109 Å². The molecule has 4 heteroatoms. The van der Waals surface area contributed by atoms with Crippen LogP contribution >= 0.6 is 11.3 Å². The lowest BCUT2D eigenvalue weighted by molar-refractivity contribution is 0.623. The van der Waals surface area contributed by atoms with Gasteiger partial charge >= 0.3 is 0 Å². The van der Waals surface area contributed by atoms with E-state index in [-0.39, 0.29) is 0 Å². The van der Waals surface area contributed by atoms with Gasteiger partial charge in [0.2, 0.25) is 5.89 Å². The molecule has 3 nitrogen and oxygen atoms in total. The number of thiophene rings is 1. The van der Waals surface area contributed by atoms with Crippen molar-refractivity contribution in [2.45, 2.75) is 0 Å². The van der Waals surface area contributed by atoms with Crippen molar-refractivity contribution in [3.8, 4) is 17.1 Å². The highest BCUT2D eigenvalue weighted by Crippen LogP contribution is 2.40. The largest absolute Gasteiger partial charge is 0.435 e. The molecule has 0 saturated heterocycles. The van der Waals surface area contributed by atoms with E-state index in [0.29, 0.717) is 5.89 Å². The molecule has 0 unspecified atom stereocenters. The van der Waals surface area contributed by atoms with E-state index in [4.69, 9.17) is 9.40 Å². The summed E-state index contributed by atoms with van der Waals surface area (Å²) in [6.45, 7) is 0. The summed E-state index contributed by atoms with van der Waals surface area (Å²) in [5.41, 5.74) is 6.19. The maximum Gasteiger partial charge on any atom is 0.227 e. The third-order valence-corrected chi connectivity index (χ3v) is 7.97. The van der Waals surface area contributed by atoms with Crippen molar-refractivity contribution in [1.29, 1.82) is 0 Å². The monoisotopic (exact) mass is 466 g/mol. The van der Waals surface area contributed by atoms with E-state index in [1.54, 1.807) is 11.3 Å². The number of oxazole rings is 1. The molecule has 0 spiro atoms. The Morgan fingerprint density at radius 3 is 2.31 bits per heavy atom. The molecule has 0 aliphatic rings. The lowest BCUT2D eigenvalue weighted by Gasteiger charge is -2.07. The molecule has 0 bridgehead atoms. The van der Waals surface area contributed by atoms with Gasteiger partial charge in [0.1, 0.15) is 5.52 Å². The minimum absolute atomic E-state index is 0.648. The summed E-state index contributed by atoms with van der Waals surface area (Å²) in [6, 6.07) is 38.3. The van der Waals surface area contributed by atoms with Gasteiger partial charge in [0.05, 0.1) is 11.0 Å². The molecular formula is C31H18N2OS. The molecule has 164 valence electrons. The van der Waals surface area contributed by atoms with Gasteiger partial charge in [0.15, 0.2) is 5.58 Å². The Bertz CT molecular complexity index is 2060. The molecule has 3 aromatic heterocycles. The van der Waals surface area contributed by atoms with Crippen LogP contribution in [-0.2, 0) is 0 Å². The molecular weight excluding hydrogens is 448 g/mol. The lowest BCUT2D eigenvalue weighted by atomic mass is 10.1. The molecule has 0 N–H and O–H groups in total. The Hall–Kier alpha value is -4.41. The van der Waals surface area contributed by atoms with E-state index in [1.165, 1.54) is 31.1 Å². The summed E-state index contributed by atoms with van der Waals surface area (Å²) in [4.78, 5) is 4.91. The fourth-order valence-electron chi connectivity index (χ4n) is 5.28. The number of aromatic nitrogens is 2. The molecule has 3 heterocycles. The molecule has 8 aromatic rings. The minimum Gasteiger partial charge on any atom is -0.435 e. The number of hydrogen-bond acceptors (Lipinski definition) is 3. The van der Waals surface area contributed by atoms with Gasteiger partial charge in [0, 0.05) is 42.2 Å². The first-order chi connectivity index (χ1) is 17.3. The van der Waals surface area contributed by atoms with Crippen molar-refractivity contribution in [1.82, 2.24) is 9.55 Å². The third-order valence-electron chi connectivity index (χ3n) is 6.83. The predicted molar refractivity (Wildman–Crippen MR) is 147 cm³/mol. The average molecular weight is 467 g/mol. The van der Waals surface area contributed by atoms with E-state index in [2.05, 4.69) is 114 Å². The normalized spacial score (nSPS) is 12.0. The Balaban J connectivity index is 1.41. The van der Waals surface area contributed by atoms with Crippen LogP contribution in [0.5, 0.6) is 0 Å². The Kier molecular flexibility index (Phi) is 3.82. The van der Waals surface area contributed by atoms with Crippen LogP contribution in [0.2, 0.25) is 0 Å². The van der Waals surface area contributed by atoms with E-state index >= 15 is 0 Å². The summed E-state index contributed by atoms with van der Waals surface area (Å²) in [5.74, 6) is 0.648. The highest BCUT2D eigenvalue weighted by atomic mass is 32.1. The summed E-state index contributed by atoms with van der Waals surface area (Å²) in [6.07, 6.45) is 0. The zero-order chi connectivity index (χ0) is 22.9. The van der Waals surface area contributed by atoms with Gasteiger partial charge in [-0.25, -0.2) is 4.98 Å². The zero-order valence-electron chi connectivity index (χ0n) is 18.6. The van der Waals surface area contributed by atoms with Crippen LogP contribution in [0.25, 0.3) is 70.2 Å². The highest BCUT2D eigenvalue weighted by molar-refractivity contribution is 7.26. The predicted octanol–water partition coefficient (Wildman–Crippen LogP) is 8.96. The molecule has 0 aliphatic heterocycles. The Labute approximate surface area is 204 Å². The van der Waals surface area contributed by atoms with Crippen LogP contribution in [0.3, 0.4) is 0 Å². The Morgan fingerprint density at radius 1 is 0.629 bits per heavy atom. The molecule has 35 heavy (non-hydrogen) atoms. The average Bonchev–Trinajstić information content (AvgIpc) is 3.60. The topological polar surface area (TPSA) is 31.0 Å². The first-order valence-electron chi connectivity index (χ1n) is 11.6. The SMILES string of the molecule is c1ccc(-n2c3ccccc3c3ccc(-c4nc5ccc6sc7ccccc7c6c5o4)cc32)cc1. The van der Waals surface area contributed by atoms with Crippen molar-refractivity contribution in [3.63, 3.8) is 0 Å². The number of rotatable bonds is 2. The summed E-state index contributed by atoms with van der Waals surface area (Å²) < 4.78 is 11.3. The smallest absolute Gasteiger partial charge is 0.227 e. The van der Waals surface area contributed by atoms with Crippen LogP contribution in [0.1, 0.15) is 0 Å². The van der Waals surface area contributed by atoms with E-state index in [9.17, 15) is 0 Å². The molecule has 5 aromatic carbocycles. The highest BCUT2D eigenvalue weighted by Gasteiger charge is 2.17. The lowest BCUT2D eigenvalue weighted by Crippen LogP contribution is -1.93. The molecule has 0 aliphatic carbocycles. The van der Waals surface area contributed by atoms with Crippen LogP contribution in [0.15, 0.2) is 114 Å². The van der Waals surface area contributed by atoms with Gasteiger partial charge in [-0.15, -0.1) is 11.3 Å². The number of nitrogens with zero attached hydrogens (tertiary/aromatic N) is 2. The molecule has 0 saturated carbocycles. The maximum atomic E-state index is 6.49. The van der Waals surface area contributed by atoms with Crippen molar-refractivity contribution < 1.29 is 4.42 Å². The molecule has 0 atom stereocenters. The summed E-state index contributed by atoms with van der Waals surface area (Å²) in [5, 5.41) is 4.83. The van der Waals surface area contributed by atoms with E-state index < -0.39 is 0 Å². The summed E-state index contributed by atoms with van der Waals surface area (Å²) in [7, 11) is 0. The number of hydrogen-bond donors (Lipinski definition) is 0. The van der Waals surface area contributed by atoms with Gasteiger partial charge in [-0.05, 0) is 48.5 Å². The number of fused-ring (bicyclic) bond motifs is 8. The van der Waals surface area contributed by atoms with Crippen LogP contribution in [0.4, 0.5) is 0 Å². The van der Waals surface area contributed by atoms with Crippen LogP contribution in [0, 0.1) is 0 Å². The standard InChI is InChI=1S/C31H18N2OS/c1-2-8-20(9-3-1)33-25-12-6-4-10-21(25)22-15-14-19(18-26(22)33)31-32-24-16-17-28-29(30(24)34-31)23-11-5-7-13-27(23)35-28/h1-18H. The second kappa shape index (κ2) is 7.05. The first-order valence-corrected chi connectivity index (χ1v) is 12.5. The van der Waals surface area contributed by atoms with E-state index in [0.717, 1.165) is 33.3 Å². The van der Waals surface area contributed by atoms with Crippen LogP contribution in [-0.4, -0.2) is 9.55 Å². The van der Waals surface area contributed by atoms with E-state index in [1.807, 2.05) is 0 Å². The molecule has 0 fully saturated rings. The zero-order valence-corrected chi connectivity index (χ0v) is 19.4. The summed E-state index contributed by atoms with van der Waals surface area (Å²) >= 11 is 1.79. The van der Waals surface area contributed by atoms with Crippen molar-refractivity contribution in [2.75, 3.05) is 0 Å². The van der Waals surface area contributed by atoms with Gasteiger partial charge in [0.25, 0.3) is 0 Å². The Morgan fingerprint density at radius 2 is 1.40 bits per heavy atom. The third kappa shape index (κ3) is 2.69. The quantitative estimate of drug-likeness (QED) is 0.255. The molecule has 0 amide bonds. The fourth-order valence-corrected chi connectivity index (χ4v) is 6.38. The van der Waals surface area contributed by atoms with Crippen LogP contribution < -0.4 is 0 Å². The van der Waals surface area contributed by atoms with Crippen molar-refractivity contribution in [2.24, 2.45) is 0 Å². The second-order valence-electron chi connectivity index (χ2n) is 8.82. The molecule has 0 radical (unpaired) electrons. The van der Waals surface area contributed by atoms with Gasteiger partial charge in [-0.1, -0.05) is 60.7 Å². The number of benzene rings is 5. The van der Waals surface area contributed by atoms with Gasteiger partial charge in [-0.3, -0.25) is 0 Å². The van der Waals surface area contributed by atoms with Gasteiger partial charge < -0.3 is 8.98 Å². The van der Waals surface area contributed by atoms with Gasteiger partial charge in [-0.2, -0.15) is 0 Å². The van der Waals surface area contributed by atoms with Crippen molar-refractivity contribution >= 4 is 64.4 Å². The maximum absolute atomic E-state index is 6.49. The second-order valence-corrected chi connectivity index (χ2v) is 9.91. The molecule has 8 rings (SSSR count). The fraction of sp³-hybridized carbons (Fsp3) is 0. The number of para-hydroxylation sites is 2. The first kappa shape index (κ1) is 19.0. The minimum atomic E-state index is 0.648.